The van der Waals surface area contributed by atoms with Crippen LogP contribution in [0, 0.1) is 5.82 Å². The van der Waals surface area contributed by atoms with E-state index in [4.69, 9.17) is 16.3 Å². The highest BCUT2D eigenvalue weighted by Crippen LogP contribution is 2.31. The van der Waals surface area contributed by atoms with E-state index in [1.54, 1.807) is 32.0 Å². The van der Waals surface area contributed by atoms with Crippen molar-refractivity contribution in [2.24, 2.45) is 0 Å². The Labute approximate surface area is 181 Å². The fourth-order valence-electron chi connectivity index (χ4n) is 2.86. The zero-order valence-corrected chi connectivity index (χ0v) is 17.8. The molecule has 0 bridgehead atoms. The summed E-state index contributed by atoms with van der Waals surface area (Å²) in [7, 11) is 0. The molecule has 5 nitrogen and oxygen atoms in total. The Kier molecular flexibility index (Phi) is 5.36. The molecule has 0 aliphatic carbocycles. The van der Waals surface area contributed by atoms with Crippen molar-refractivity contribution >= 4 is 33.2 Å². The van der Waals surface area contributed by atoms with Gasteiger partial charge in [0.1, 0.15) is 17.6 Å². The third-order valence-corrected chi connectivity index (χ3v) is 5.75. The van der Waals surface area contributed by atoms with Gasteiger partial charge in [-0.3, -0.25) is 9.36 Å². The number of aliphatic hydroxyl groups is 1. The van der Waals surface area contributed by atoms with Crippen LogP contribution in [-0.2, 0) is 0 Å². The van der Waals surface area contributed by atoms with Gasteiger partial charge in [0.2, 0.25) is 0 Å². The van der Waals surface area contributed by atoms with Crippen LogP contribution in [0.5, 0.6) is 5.75 Å². The molecule has 0 saturated carbocycles. The molecule has 0 fully saturated rings. The van der Waals surface area contributed by atoms with E-state index in [0.717, 1.165) is 10.4 Å². The molecule has 2 aromatic carbocycles. The fourth-order valence-corrected chi connectivity index (χ4v) is 4.04. The van der Waals surface area contributed by atoms with E-state index in [1.165, 1.54) is 34.4 Å². The monoisotopic (exact) mass is 444 g/mol. The molecule has 1 N–H and O–H groups in total. The van der Waals surface area contributed by atoms with Gasteiger partial charge in [-0.1, -0.05) is 23.7 Å². The molecular formula is C22H18ClFN2O3S. The molecule has 2 aromatic heterocycles. The van der Waals surface area contributed by atoms with Gasteiger partial charge in [0.25, 0.3) is 5.56 Å². The normalized spacial score (nSPS) is 11.8. The smallest absolute Gasteiger partial charge is 0.275 e. The second kappa shape index (κ2) is 7.83. The Balaban J connectivity index is 1.69. The first-order chi connectivity index (χ1) is 14.2. The minimum absolute atomic E-state index is 0.00381. The number of hydrogen-bond acceptors (Lipinski definition) is 5. The standard InChI is InChI=1S/C22H18ClFN2O3S/c1-22(2,28)11-29-18-8-7-15(9-16(18)24)26-12-25-17-10-19(30-20(17)21(26)27)13-3-5-14(23)6-4-13/h3-10,12,28H,11H2,1-2H3. The van der Waals surface area contributed by atoms with Crippen LogP contribution >= 0.6 is 22.9 Å². The van der Waals surface area contributed by atoms with E-state index < -0.39 is 11.4 Å². The highest BCUT2D eigenvalue weighted by molar-refractivity contribution is 7.22. The topological polar surface area (TPSA) is 64.3 Å². The highest BCUT2D eigenvalue weighted by atomic mass is 35.5. The Morgan fingerprint density at radius 1 is 1.20 bits per heavy atom. The van der Waals surface area contributed by atoms with Crippen molar-refractivity contribution in [1.29, 1.82) is 0 Å². The van der Waals surface area contributed by atoms with E-state index >= 15 is 0 Å². The van der Waals surface area contributed by atoms with Crippen molar-refractivity contribution in [3.8, 4) is 21.9 Å². The zero-order valence-electron chi connectivity index (χ0n) is 16.2. The number of fused-ring (bicyclic) bond motifs is 1. The molecule has 0 spiro atoms. The van der Waals surface area contributed by atoms with Gasteiger partial charge >= 0.3 is 0 Å². The quantitative estimate of drug-likeness (QED) is 0.467. The van der Waals surface area contributed by atoms with Crippen LogP contribution in [0.1, 0.15) is 13.8 Å². The van der Waals surface area contributed by atoms with Gasteiger partial charge in [-0.2, -0.15) is 0 Å². The van der Waals surface area contributed by atoms with Crippen molar-refractivity contribution in [3.05, 3.63) is 76.1 Å². The summed E-state index contributed by atoms with van der Waals surface area (Å²) in [4.78, 5) is 18.3. The van der Waals surface area contributed by atoms with Crippen LogP contribution < -0.4 is 10.3 Å². The first-order valence-corrected chi connectivity index (χ1v) is 10.3. The maximum absolute atomic E-state index is 14.5. The van der Waals surface area contributed by atoms with Gasteiger partial charge in [0.15, 0.2) is 11.6 Å². The molecule has 0 amide bonds. The molecule has 0 atom stereocenters. The number of rotatable bonds is 5. The minimum atomic E-state index is -1.09. The van der Waals surface area contributed by atoms with Gasteiger partial charge in [-0.05, 0) is 49.7 Å². The zero-order chi connectivity index (χ0) is 21.5. The third kappa shape index (κ3) is 4.23. The Hall–Kier alpha value is -2.74. The molecule has 8 heteroatoms. The first-order valence-electron chi connectivity index (χ1n) is 9.13. The van der Waals surface area contributed by atoms with Gasteiger partial charge in [0, 0.05) is 16.0 Å². The minimum Gasteiger partial charge on any atom is -0.488 e. The molecular weight excluding hydrogens is 427 g/mol. The maximum atomic E-state index is 14.5. The van der Waals surface area contributed by atoms with Crippen LogP contribution in [-0.4, -0.2) is 26.9 Å². The lowest BCUT2D eigenvalue weighted by Gasteiger charge is -2.18. The van der Waals surface area contributed by atoms with Crippen molar-refractivity contribution in [3.63, 3.8) is 0 Å². The van der Waals surface area contributed by atoms with Crippen LogP contribution in [0.15, 0.2) is 59.7 Å². The van der Waals surface area contributed by atoms with Gasteiger partial charge in [-0.15, -0.1) is 11.3 Å². The molecule has 4 rings (SSSR count). The van der Waals surface area contributed by atoms with E-state index in [-0.39, 0.29) is 17.9 Å². The van der Waals surface area contributed by atoms with E-state index in [9.17, 15) is 14.3 Å². The Morgan fingerprint density at radius 2 is 1.93 bits per heavy atom. The molecule has 154 valence electrons. The highest BCUT2D eigenvalue weighted by Gasteiger charge is 2.16. The second-order valence-corrected chi connectivity index (χ2v) is 8.96. The van der Waals surface area contributed by atoms with Crippen molar-refractivity contribution < 1.29 is 14.2 Å². The van der Waals surface area contributed by atoms with E-state index in [2.05, 4.69) is 4.98 Å². The predicted molar refractivity (Wildman–Crippen MR) is 117 cm³/mol. The summed E-state index contributed by atoms with van der Waals surface area (Å²) >= 11 is 7.27. The van der Waals surface area contributed by atoms with Crippen LogP contribution in [0.25, 0.3) is 26.3 Å². The molecule has 30 heavy (non-hydrogen) atoms. The third-order valence-electron chi connectivity index (χ3n) is 4.34. The second-order valence-electron chi connectivity index (χ2n) is 7.47. The number of hydrogen-bond donors (Lipinski definition) is 1. The Bertz CT molecular complexity index is 1280. The van der Waals surface area contributed by atoms with Crippen LogP contribution in [0.4, 0.5) is 4.39 Å². The molecule has 0 radical (unpaired) electrons. The van der Waals surface area contributed by atoms with Gasteiger partial charge in [0.05, 0.1) is 16.8 Å². The summed E-state index contributed by atoms with van der Waals surface area (Å²) in [6, 6.07) is 13.4. The lowest BCUT2D eigenvalue weighted by molar-refractivity contribution is 0.0272. The average molecular weight is 445 g/mol. The van der Waals surface area contributed by atoms with E-state index in [0.29, 0.717) is 20.9 Å². The number of thiophene rings is 1. The molecule has 2 heterocycles. The lowest BCUT2D eigenvalue weighted by atomic mass is 10.2. The number of ether oxygens (including phenoxy) is 1. The first kappa shape index (κ1) is 20.5. The van der Waals surface area contributed by atoms with E-state index in [1.807, 2.05) is 18.2 Å². The Morgan fingerprint density at radius 3 is 2.60 bits per heavy atom. The fraction of sp³-hybridized carbons (Fsp3) is 0.182. The molecule has 0 aliphatic heterocycles. The largest absolute Gasteiger partial charge is 0.488 e. The maximum Gasteiger partial charge on any atom is 0.275 e. The predicted octanol–water partition coefficient (Wildman–Crippen LogP) is 5.06. The summed E-state index contributed by atoms with van der Waals surface area (Å²) < 4.78 is 21.6. The van der Waals surface area contributed by atoms with Crippen LogP contribution in [0.2, 0.25) is 5.02 Å². The number of aromatic nitrogens is 2. The number of benzene rings is 2. The van der Waals surface area contributed by atoms with Crippen molar-refractivity contribution in [2.75, 3.05) is 6.61 Å². The van der Waals surface area contributed by atoms with Crippen molar-refractivity contribution in [2.45, 2.75) is 19.4 Å². The SMILES string of the molecule is CC(C)(O)COc1ccc(-n2cnc3cc(-c4ccc(Cl)cc4)sc3c2=O)cc1F. The molecule has 0 aliphatic rings. The summed E-state index contributed by atoms with van der Waals surface area (Å²) in [6.45, 7) is 3.08. The van der Waals surface area contributed by atoms with Crippen molar-refractivity contribution in [1.82, 2.24) is 9.55 Å². The summed E-state index contributed by atoms with van der Waals surface area (Å²) in [6.07, 6.45) is 1.38. The van der Waals surface area contributed by atoms with Gasteiger partial charge < -0.3 is 9.84 Å². The lowest BCUT2D eigenvalue weighted by Crippen LogP contribution is -2.28. The number of halogens is 2. The summed E-state index contributed by atoms with van der Waals surface area (Å²) in [5.74, 6) is -0.624. The summed E-state index contributed by atoms with van der Waals surface area (Å²) in [5, 5.41) is 10.4. The van der Waals surface area contributed by atoms with Gasteiger partial charge in [-0.25, -0.2) is 9.37 Å². The number of nitrogens with zero attached hydrogens (tertiary/aromatic N) is 2. The average Bonchev–Trinajstić information content (AvgIpc) is 3.12. The molecule has 0 saturated heterocycles. The molecule has 4 aromatic rings. The summed E-state index contributed by atoms with van der Waals surface area (Å²) in [5.41, 5.74) is 0.487. The van der Waals surface area contributed by atoms with Crippen LogP contribution in [0.3, 0.4) is 0 Å². The molecule has 0 unspecified atom stereocenters.